The van der Waals surface area contributed by atoms with E-state index in [1.807, 2.05) is 38.1 Å². The minimum absolute atomic E-state index is 0.178. The summed E-state index contributed by atoms with van der Waals surface area (Å²) in [7, 11) is 1.61. The van der Waals surface area contributed by atoms with Crippen LogP contribution in [0.1, 0.15) is 19.4 Å². The molecule has 2 atom stereocenters. The van der Waals surface area contributed by atoms with E-state index in [0.717, 1.165) is 11.3 Å². The van der Waals surface area contributed by atoms with E-state index >= 15 is 0 Å². The summed E-state index contributed by atoms with van der Waals surface area (Å²) in [4.78, 5) is 23.1. The molecule has 2 rings (SSSR count). The van der Waals surface area contributed by atoms with Gasteiger partial charge in [0.15, 0.2) is 0 Å². The zero-order valence-electron chi connectivity index (χ0n) is 12.6. The molecule has 1 aliphatic rings. The first-order chi connectivity index (χ1) is 9.89. The number of carbonyl (C=O) groups excluding carboxylic acids is 1. The predicted octanol–water partition coefficient (Wildman–Crippen LogP) is 1.71. The van der Waals surface area contributed by atoms with Crippen molar-refractivity contribution in [1.82, 2.24) is 5.32 Å². The molecule has 0 radical (unpaired) electrons. The number of para-hydroxylation sites is 1. The van der Waals surface area contributed by atoms with Crippen molar-refractivity contribution in [3.05, 3.63) is 29.8 Å². The van der Waals surface area contributed by atoms with Crippen molar-refractivity contribution >= 4 is 11.9 Å². The third-order valence-corrected chi connectivity index (χ3v) is 4.26. The number of hydrogen-bond donors (Lipinski definition) is 2. The van der Waals surface area contributed by atoms with Gasteiger partial charge in [-0.3, -0.25) is 9.59 Å². The molecule has 0 saturated heterocycles. The number of ether oxygens (including phenoxy) is 1. The van der Waals surface area contributed by atoms with E-state index in [4.69, 9.17) is 9.84 Å². The van der Waals surface area contributed by atoms with Crippen molar-refractivity contribution in [2.75, 3.05) is 13.7 Å². The van der Waals surface area contributed by atoms with Gasteiger partial charge in [-0.05, 0) is 23.5 Å². The zero-order valence-corrected chi connectivity index (χ0v) is 12.6. The monoisotopic (exact) mass is 291 g/mol. The molecular formula is C16H21NO4. The molecule has 0 bridgehead atoms. The minimum atomic E-state index is -0.898. The lowest BCUT2D eigenvalue weighted by atomic mass is 10.1. The van der Waals surface area contributed by atoms with Gasteiger partial charge in [0.2, 0.25) is 5.91 Å². The van der Waals surface area contributed by atoms with E-state index in [1.54, 1.807) is 7.11 Å². The molecule has 1 aromatic carbocycles. The number of benzene rings is 1. The summed E-state index contributed by atoms with van der Waals surface area (Å²) in [6.45, 7) is 4.10. The number of aliphatic carboxylic acids is 1. The summed E-state index contributed by atoms with van der Waals surface area (Å²) < 4.78 is 5.25. The molecule has 0 spiro atoms. The Balaban J connectivity index is 1.87. The number of amides is 1. The average molecular weight is 291 g/mol. The maximum absolute atomic E-state index is 12.1. The van der Waals surface area contributed by atoms with Gasteiger partial charge in [0, 0.05) is 6.54 Å². The lowest BCUT2D eigenvalue weighted by Crippen LogP contribution is -2.29. The number of carboxylic acid groups (broad SMARTS) is 1. The molecule has 5 heteroatoms. The molecule has 114 valence electrons. The van der Waals surface area contributed by atoms with Crippen LogP contribution in [0.3, 0.4) is 0 Å². The van der Waals surface area contributed by atoms with Crippen molar-refractivity contribution in [3.8, 4) is 5.75 Å². The Kier molecular flexibility index (Phi) is 4.21. The molecule has 1 amide bonds. The van der Waals surface area contributed by atoms with Gasteiger partial charge in [0.1, 0.15) is 5.75 Å². The highest BCUT2D eigenvalue weighted by Gasteiger charge is 2.65. The van der Waals surface area contributed by atoms with Crippen molar-refractivity contribution in [2.24, 2.45) is 17.3 Å². The van der Waals surface area contributed by atoms with Crippen LogP contribution in [0.15, 0.2) is 24.3 Å². The summed E-state index contributed by atoms with van der Waals surface area (Å²) in [6, 6.07) is 7.64. The number of methoxy groups -OCH3 is 1. The second-order valence-corrected chi connectivity index (χ2v) is 5.97. The number of hydrogen-bond acceptors (Lipinski definition) is 3. The molecule has 5 nitrogen and oxygen atoms in total. The normalized spacial score (nSPS) is 22.4. The van der Waals surface area contributed by atoms with Crippen LogP contribution in [0.5, 0.6) is 5.75 Å². The van der Waals surface area contributed by atoms with Gasteiger partial charge in [-0.2, -0.15) is 0 Å². The molecule has 1 aromatic rings. The Labute approximate surface area is 124 Å². The fourth-order valence-corrected chi connectivity index (χ4v) is 2.93. The lowest BCUT2D eigenvalue weighted by Gasteiger charge is -2.09. The van der Waals surface area contributed by atoms with Crippen molar-refractivity contribution in [1.29, 1.82) is 0 Å². The van der Waals surface area contributed by atoms with Crippen LogP contribution in [0, 0.1) is 17.3 Å². The summed E-state index contributed by atoms with van der Waals surface area (Å²) in [5, 5.41) is 11.9. The minimum Gasteiger partial charge on any atom is -0.496 e. The standard InChI is InChI=1S/C16H21NO4/c1-16(2)12(13(16)15(19)20)14(18)17-9-8-10-6-4-5-7-11(10)21-3/h4-7,12-13H,8-9H2,1-3H3,(H,17,18)(H,19,20)/t12-,13+/m0/s1. The van der Waals surface area contributed by atoms with Gasteiger partial charge < -0.3 is 15.2 Å². The molecular weight excluding hydrogens is 270 g/mol. The summed E-state index contributed by atoms with van der Waals surface area (Å²) in [5.41, 5.74) is 0.561. The van der Waals surface area contributed by atoms with Gasteiger partial charge >= 0.3 is 5.97 Å². The first-order valence-corrected chi connectivity index (χ1v) is 7.02. The van der Waals surface area contributed by atoms with Crippen LogP contribution in [0.2, 0.25) is 0 Å². The van der Waals surface area contributed by atoms with E-state index in [9.17, 15) is 9.59 Å². The summed E-state index contributed by atoms with van der Waals surface area (Å²) in [6.07, 6.45) is 0.653. The molecule has 21 heavy (non-hydrogen) atoms. The van der Waals surface area contributed by atoms with Gasteiger partial charge in [0.05, 0.1) is 18.9 Å². The Morgan fingerprint density at radius 2 is 1.95 bits per heavy atom. The van der Waals surface area contributed by atoms with Crippen LogP contribution in [0.4, 0.5) is 0 Å². The summed E-state index contributed by atoms with van der Waals surface area (Å²) >= 11 is 0. The van der Waals surface area contributed by atoms with Gasteiger partial charge in [-0.15, -0.1) is 0 Å². The fraction of sp³-hybridized carbons (Fsp3) is 0.500. The molecule has 0 aromatic heterocycles. The molecule has 0 heterocycles. The van der Waals surface area contributed by atoms with Gasteiger partial charge in [-0.1, -0.05) is 32.0 Å². The topological polar surface area (TPSA) is 75.6 Å². The number of rotatable bonds is 6. The van der Waals surface area contributed by atoms with E-state index in [-0.39, 0.29) is 5.91 Å². The second-order valence-electron chi connectivity index (χ2n) is 5.97. The average Bonchev–Trinajstić information content (AvgIpc) is 3.02. The van der Waals surface area contributed by atoms with E-state index < -0.39 is 23.2 Å². The molecule has 1 fully saturated rings. The Hall–Kier alpha value is -2.04. The molecule has 0 unspecified atom stereocenters. The van der Waals surface area contributed by atoms with Crippen LogP contribution < -0.4 is 10.1 Å². The number of carbonyl (C=O) groups is 2. The first kappa shape index (κ1) is 15.4. The lowest BCUT2D eigenvalue weighted by molar-refractivity contribution is -0.140. The SMILES string of the molecule is COc1ccccc1CCNC(=O)[C@@H]1[C@H](C(=O)O)C1(C)C. The smallest absolute Gasteiger partial charge is 0.307 e. The van der Waals surface area contributed by atoms with Crippen molar-refractivity contribution < 1.29 is 19.4 Å². The summed E-state index contributed by atoms with van der Waals surface area (Å²) in [5.74, 6) is -1.30. The predicted molar refractivity (Wildman–Crippen MR) is 78.1 cm³/mol. The third-order valence-electron chi connectivity index (χ3n) is 4.26. The Morgan fingerprint density at radius 1 is 1.29 bits per heavy atom. The van der Waals surface area contributed by atoms with Gasteiger partial charge in [0.25, 0.3) is 0 Å². The molecule has 0 aliphatic heterocycles. The third kappa shape index (κ3) is 3.01. The van der Waals surface area contributed by atoms with Crippen molar-refractivity contribution in [2.45, 2.75) is 20.3 Å². The maximum Gasteiger partial charge on any atom is 0.307 e. The van der Waals surface area contributed by atoms with Crippen LogP contribution in [-0.4, -0.2) is 30.6 Å². The van der Waals surface area contributed by atoms with Crippen LogP contribution >= 0.6 is 0 Å². The van der Waals surface area contributed by atoms with E-state index in [2.05, 4.69) is 5.32 Å². The van der Waals surface area contributed by atoms with Crippen LogP contribution in [-0.2, 0) is 16.0 Å². The molecule has 2 N–H and O–H groups in total. The Morgan fingerprint density at radius 3 is 2.52 bits per heavy atom. The quantitative estimate of drug-likeness (QED) is 0.836. The molecule has 1 aliphatic carbocycles. The zero-order chi connectivity index (χ0) is 15.6. The van der Waals surface area contributed by atoms with E-state index in [1.165, 1.54) is 0 Å². The maximum atomic E-state index is 12.1. The van der Waals surface area contributed by atoms with Crippen molar-refractivity contribution in [3.63, 3.8) is 0 Å². The number of carboxylic acids is 1. The number of nitrogens with one attached hydrogen (secondary N) is 1. The second kappa shape index (κ2) is 5.76. The fourth-order valence-electron chi connectivity index (χ4n) is 2.93. The molecule has 1 saturated carbocycles. The van der Waals surface area contributed by atoms with E-state index in [0.29, 0.717) is 13.0 Å². The highest BCUT2D eigenvalue weighted by Crippen LogP contribution is 2.58. The Bertz CT molecular complexity index is 553. The first-order valence-electron chi connectivity index (χ1n) is 7.02. The van der Waals surface area contributed by atoms with Gasteiger partial charge in [-0.25, -0.2) is 0 Å². The largest absolute Gasteiger partial charge is 0.496 e. The highest BCUT2D eigenvalue weighted by molar-refractivity contribution is 5.91. The highest BCUT2D eigenvalue weighted by atomic mass is 16.5. The van der Waals surface area contributed by atoms with Crippen LogP contribution in [0.25, 0.3) is 0 Å².